The lowest BCUT2D eigenvalue weighted by Gasteiger charge is -2.35. The summed E-state index contributed by atoms with van der Waals surface area (Å²) in [7, 11) is 2.46. The van der Waals surface area contributed by atoms with Crippen molar-refractivity contribution in [3.05, 3.63) is 11.1 Å². The van der Waals surface area contributed by atoms with Gasteiger partial charge < -0.3 is 20.8 Å². The van der Waals surface area contributed by atoms with Gasteiger partial charge in [0.1, 0.15) is 30.8 Å². The summed E-state index contributed by atoms with van der Waals surface area (Å²) < 4.78 is 0. The van der Waals surface area contributed by atoms with Gasteiger partial charge in [0, 0.05) is 5.38 Å². The van der Waals surface area contributed by atoms with Crippen LogP contribution < -0.4 is 21.4 Å². The number of rotatable bonds is 8. The van der Waals surface area contributed by atoms with Crippen molar-refractivity contribution >= 4 is 57.4 Å². The molecule has 2 rings (SSSR count). The number of oxime groups is 1. The molecule has 0 radical (unpaired) electrons. The zero-order chi connectivity index (χ0) is 20.0. The van der Waals surface area contributed by atoms with Crippen molar-refractivity contribution in [2.75, 3.05) is 25.4 Å². The van der Waals surface area contributed by atoms with Crippen molar-refractivity contribution < 1.29 is 28.9 Å². The normalized spacial score (nSPS) is 18.8. The quantitative estimate of drug-likeness (QED) is 0.170. The van der Waals surface area contributed by atoms with E-state index in [4.69, 9.17) is 11.6 Å². The number of anilines is 1. The molecule has 0 bridgehead atoms. The predicted octanol–water partition coefficient (Wildman–Crippen LogP) is -1.67. The molecule has 27 heavy (non-hydrogen) atoms. The molecular formula is C13H15ClN6O6S. The molecule has 1 fully saturated rings. The highest BCUT2D eigenvalue weighted by molar-refractivity contribution is 7.14. The summed E-state index contributed by atoms with van der Waals surface area (Å²) in [5.74, 6) is -2.70. The number of nitrogens with one attached hydrogen (secondary N) is 4. The van der Waals surface area contributed by atoms with Gasteiger partial charge in [-0.25, -0.2) is 10.5 Å². The molecule has 1 aromatic heterocycles. The number of hydrogen-bond donors (Lipinski definition) is 4. The lowest BCUT2D eigenvalue weighted by molar-refractivity contribution is -0.146. The van der Waals surface area contributed by atoms with E-state index in [0.29, 0.717) is 0 Å². The Hall–Kier alpha value is -2.77. The van der Waals surface area contributed by atoms with Gasteiger partial charge in [-0.2, -0.15) is 0 Å². The first kappa shape index (κ1) is 20.5. The van der Waals surface area contributed by atoms with Gasteiger partial charge in [0.25, 0.3) is 11.8 Å². The first-order valence-electron chi connectivity index (χ1n) is 7.28. The van der Waals surface area contributed by atoms with Crippen molar-refractivity contribution in [1.29, 1.82) is 0 Å². The second kappa shape index (κ2) is 9.25. The Labute approximate surface area is 161 Å². The third kappa shape index (κ3) is 4.90. The monoisotopic (exact) mass is 418 g/mol. The van der Waals surface area contributed by atoms with Crippen LogP contribution in [-0.4, -0.2) is 66.5 Å². The highest BCUT2D eigenvalue weighted by Gasteiger charge is 2.45. The van der Waals surface area contributed by atoms with E-state index in [0.717, 1.165) is 11.3 Å². The smallest absolute Gasteiger partial charge is 0.276 e. The maximum atomic E-state index is 12.5. The first-order valence-corrected chi connectivity index (χ1v) is 8.69. The highest BCUT2D eigenvalue weighted by atomic mass is 35.5. The fourth-order valence-corrected chi connectivity index (χ4v) is 2.79. The average molecular weight is 419 g/mol. The van der Waals surface area contributed by atoms with Gasteiger partial charge in [0.05, 0.1) is 7.11 Å². The SMILES string of the molecule is CON=C(C(=O)N[C@H]1C(=O)N[C@H]1C(=O)NOC)c1csc(NC(=O)CCl)n1. The Morgan fingerprint density at radius 3 is 2.74 bits per heavy atom. The van der Waals surface area contributed by atoms with Crippen molar-refractivity contribution in [3.8, 4) is 0 Å². The van der Waals surface area contributed by atoms with Crippen LogP contribution in [0, 0.1) is 0 Å². The van der Waals surface area contributed by atoms with Gasteiger partial charge in [-0.3, -0.25) is 24.0 Å². The van der Waals surface area contributed by atoms with Gasteiger partial charge in [0.15, 0.2) is 10.8 Å². The number of carbonyl (C=O) groups is 4. The Kier molecular flexibility index (Phi) is 7.04. The zero-order valence-corrected chi connectivity index (χ0v) is 15.6. The Morgan fingerprint density at radius 2 is 2.15 bits per heavy atom. The Bertz CT molecular complexity index is 783. The summed E-state index contributed by atoms with van der Waals surface area (Å²) >= 11 is 6.44. The summed E-state index contributed by atoms with van der Waals surface area (Å²) in [5.41, 5.74) is 1.92. The van der Waals surface area contributed by atoms with Gasteiger partial charge in [-0.05, 0) is 0 Å². The van der Waals surface area contributed by atoms with Crippen molar-refractivity contribution in [2.24, 2.45) is 5.16 Å². The lowest BCUT2D eigenvalue weighted by atomic mass is 9.98. The Morgan fingerprint density at radius 1 is 1.41 bits per heavy atom. The molecule has 1 aliphatic rings. The standard InChI is InChI=1S/C13H15ClN6O6S/c1-25-19-7(5-4-27-13(15-5)16-6(21)3-14)10(22)17-8-9(18-11(8)23)12(24)20-26-2/h4,8-9H,3H2,1-2H3,(H,17,22)(H,18,23)(H,20,24)(H,15,16,21)/t8-,9-/m1/s1. The molecule has 0 aliphatic carbocycles. The summed E-state index contributed by atoms with van der Waals surface area (Å²) in [5, 5.41) is 12.4. The summed E-state index contributed by atoms with van der Waals surface area (Å²) in [6.07, 6.45) is 0. The van der Waals surface area contributed by atoms with Gasteiger partial charge in [0.2, 0.25) is 11.8 Å². The minimum absolute atomic E-state index is 0.0989. The number of carbonyl (C=O) groups excluding carboxylic acids is 4. The fourth-order valence-electron chi connectivity index (χ4n) is 2.01. The molecule has 1 aromatic rings. The van der Waals surface area contributed by atoms with E-state index in [1.54, 1.807) is 0 Å². The summed E-state index contributed by atoms with van der Waals surface area (Å²) in [4.78, 5) is 60.4. The van der Waals surface area contributed by atoms with E-state index in [9.17, 15) is 19.2 Å². The second-order valence-electron chi connectivity index (χ2n) is 4.95. The predicted molar refractivity (Wildman–Crippen MR) is 94.0 cm³/mol. The van der Waals surface area contributed by atoms with Crippen molar-refractivity contribution in [3.63, 3.8) is 0 Å². The highest BCUT2D eigenvalue weighted by Crippen LogP contribution is 2.17. The number of halogens is 1. The van der Waals surface area contributed by atoms with E-state index in [2.05, 4.69) is 41.2 Å². The molecule has 2 heterocycles. The number of alkyl halides is 1. The average Bonchev–Trinajstić information content (AvgIpc) is 3.09. The largest absolute Gasteiger partial charge is 0.398 e. The number of amides is 4. The molecule has 0 spiro atoms. The molecule has 2 atom stereocenters. The Balaban J connectivity index is 2.11. The minimum atomic E-state index is -1.12. The van der Waals surface area contributed by atoms with Crippen LogP contribution in [0.25, 0.3) is 0 Å². The third-order valence-corrected chi connectivity index (χ3v) is 4.20. The number of β-lactam (4-membered cyclic amide) rings is 1. The molecule has 12 nitrogen and oxygen atoms in total. The van der Waals surface area contributed by atoms with Crippen LogP contribution in [0.2, 0.25) is 0 Å². The van der Waals surface area contributed by atoms with E-state index in [1.807, 2.05) is 0 Å². The topological polar surface area (TPSA) is 160 Å². The number of hydrogen-bond acceptors (Lipinski definition) is 9. The molecule has 1 saturated heterocycles. The van der Waals surface area contributed by atoms with E-state index < -0.39 is 35.7 Å². The van der Waals surface area contributed by atoms with Gasteiger partial charge in [-0.15, -0.1) is 22.9 Å². The van der Waals surface area contributed by atoms with Crippen molar-refractivity contribution in [2.45, 2.75) is 12.1 Å². The minimum Gasteiger partial charge on any atom is -0.398 e. The third-order valence-electron chi connectivity index (χ3n) is 3.20. The molecular weight excluding hydrogens is 404 g/mol. The summed E-state index contributed by atoms with van der Waals surface area (Å²) in [6, 6.07) is -2.12. The summed E-state index contributed by atoms with van der Waals surface area (Å²) in [6.45, 7) is 0. The molecule has 146 valence electrons. The second-order valence-corrected chi connectivity index (χ2v) is 6.08. The lowest BCUT2D eigenvalue weighted by Crippen LogP contribution is -2.73. The number of aromatic nitrogens is 1. The maximum absolute atomic E-state index is 12.5. The fraction of sp³-hybridized carbons (Fsp3) is 0.385. The molecule has 4 amide bonds. The van der Waals surface area contributed by atoms with Crippen LogP contribution in [0.15, 0.2) is 10.5 Å². The van der Waals surface area contributed by atoms with E-state index in [1.165, 1.54) is 19.6 Å². The molecule has 0 aromatic carbocycles. The molecule has 1 aliphatic heterocycles. The van der Waals surface area contributed by atoms with E-state index >= 15 is 0 Å². The van der Waals surface area contributed by atoms with Gasteiger partial charge >= 0.3 is 0 Å². The number of thiazole rings is 1. The number of nitrogens with zero attached hydrogens (tertiary/aromatic N) is 2. The molecule has 14 heteroatoms. The van der Waals surface area contributed by atoms with Crippen LogP contribution in [-0.2, 0) is 28.9 Å². The van der Waals surface area contributed by atoms with Gasteiger partial charge in [-0.1, -0.05) is 5.16 Å². The van der Waals surface area contributed by atoms with Crippen LogP contribution >= 0.6 is 22.9 Å². The van der Waals surface area contributed by atoms with Crippen LogP contribution in [0.3, 0.4) is 0 Å². The van der Waals surface area contributed by atoms with E-state index in [-0.39, 0.29) is 22.4 Å². The van der Waals surface area contributed by atoms with Crippen LogP contribution in [0.5, 0.6) is 0 Å². The molecule has 0 unspecified atom stereocenters. The van der Waals surface area contributed by atoms with Crippen LogP contribution in [0.1, 0.15) is 5.69 Å². The zero-order valence-electron chi connectivity index (χ0n) is 14.1. The number of hydroxylamine groups is 1. The molecule has 4 N–H and O–H groups in total. The molecule has 0 saturated carbocycles. The maximum Gasteiger partial charge on any atom is 0.276 e. The van der Waals surface area contributed by atoms with Crippen LogP contribution in [0.4, 0.5) is 5.13 Å². The first-order chi connectivity index (χ1) is 12.9. The van der Waals surface area contributed by atoms with Crippen molar-refractivity contribution in [1.82, 2.24) is 21.1 Å².